The van der Waals surface area contributed by atoms with Gasteiger partial charge < -0.3 is 14.4 Å². The Bertz CT molecular complexity index is 1290. The molecule has 29 heavy (non-hydrogen) atoms. The van der Waals surface area contributed by atoms with Crippen LogP contribution in [0.5, 0.6) is 5.75 Å². The van der Waals surface area contributed by atoms with Gasteiger partial charge in [-0.2, -0.15) is 0 Å². The normalized spacial score (nSPS) is 15.7. The van der Waals surface area contributed by atoms with Crippen LogP contribution in [-0.4, -0.2) is 15.9 Å². The van der Waals surface area contributed by atoms with Gasteiger partial charge in [0.25, 0.3) is 5.91 Å². The molecule has 1 N–H and O–H groups in total. The van der Waals surface area contributed by atoms with Crippen molar-refractivity contribution in [3.63, 3.8) is 0 Å². The highest BCUT2D eigenvalue weighted by atomic mass is 16.3. The van der Waals surface area contributed by atoms with E-state index in [1.54, 1.807) is 53.4 Å². The molecular weight excluding hydrogens is 366 g/mol. The highest BCUT2D eigenvalue weighted by Gasteiger charge is 2.42. The average Bonchev–Trinajstić information content (AvgIpc) is 3.01. The van der Waals surface area contributed by atoms with Gasteiger partial charge >= 0.3 is 0 Å². The number of nitrogens with zero attached hydrogens (tertiary/aromatic N) is 1. The Hall–Kier alpha value is -3.86. The maximum Gasteiger partial charge on any atom is 0.291 e. The molecule has 0 radical (unpaired) electrons. The summed E-state index contributed by atoms with van der Waals surface area (Å²) in [4.78, 5) is 28.3. The SMILES string of the molecule is O=C1c2oc3ccccc3c(=O)c2C(c2cccc(O)c2)N1Cc1ccccc1. The molecule has 3 aromatic carbocycles. The maximum atomic E-state index is 13.3. The number of phenols is 1. The standard InChI is InChI=1S/C24H17NO4/c26-17-10-6-9-16(13-17)21-20-22(27)18-11-4-5-12-19(18)29-23(20)24(28)25(21)14-15-7-2-1-3-8-15/h1-13,21,26H,14H2. The van der Waals surface area contributed by atoms with E-state index in [0.29, 0.717) is 28.6 Å². The monoisotopic (exact) mass is 383 g/mol. The van der Waals surface area contributed by atoms with Crippen LogP contribution in [0.25, 0.3) is 11.0 Å². The molecule has 0 bridgehead atoms. The summed E-state index contributed by atoms with van der Waals surface area (Å²) >= 11 is 0. The zero-order valence-corrected chi connectivity index (χ0v) is 15.4. The van der Waals surface area contributed by atoms with Crippen LogP contribution in [0, 0.1) is 0 Å². The summed E-state index contributed by atoms with van der Waals surface area (Å²) < 4.78 is 5.89. The van der Waals surface area contributed by atoms with E-state index >= 15 is 0 Å². The first-order valence-electron chi connectivity index (χ1n) is 9.33. The first-order chi connectivity index (χ1) is 14.1. The minimum absolute atomic E-state index is 0.0676. The fraction of sp³-hybridized carbons (Fsp3) is 0.0833. The van der Waals surface area contributed by atoms with E-state index in [1.165, 1.54) is 0 Å². The first-order valence-corrected chi connectivity index (χ1v) is 9.33. The zero-order chi connectivity index (χ0) is 20.0. The molecule has 5 rings (SSSR count). The van der Waals surface area contributed by atoms with Crippen molar-refractivity contribution in [2.24, 2.45) is 0 Å². The van der Waals surface area contributed by atoms with Gasteiger partial charge in [0.1, 0.15) is 11.3 Å². The van der Waals surface area contributed by atoms with Crippen molar-refractivity contribution in [2.75, 3.05) is 0 Å². The number of benzene rings is 3. The number of phenolic OH excluding ortho intramolecular Hbond substituents is 1. The highest BCUT2D eigenvalue weighted by molar-refractivity contribution is 5.99. The average molecular weight is 383 g/mol. The number of hydrogen-bond acceptors (Lipinski definition) is 4. The maximum absolute atomic E-state index is 13.3. The number of fused-ring (bicyclic) bond motifs is 2. The summed E-state index contributed by atoms with van der Waals surface area (Å²) in [5, 5.41) is 10.4. The molecule has 2 heterocycles. The van der Waals surface area contributed by atoms with Crippen LogP contribution in [-0.2, 0) is 6.54 Å². The summed E-state index contributed by atoms with van der Waals surface area (Å²) in [6.45, 7) is 0.319. The molecule has 0 spiro atoms. The van der Waals surface area contributed by atoms with Crippen LogP contribution in [0.1, 0.15) is 33.3 Å². The quantitative estimate of drug-likeness (QED) is 0.574. The van der Waals surface area contributed by atoms with E-state index in [9.17, 15) is 14.7 Å². The van der Waals surface area contributed by atoms with Crippen molar-refractivity contribution in [3.05, 3.63) is 112 Å². The van der Waals surface area contributed by atoms with E-state index in [1.807, 2.05) is 30.3 Å². The first kappa shape index (κ1) is 17.3. The van der Waals surface area contributed by atoms with E-state index in [0.717, 1.165) is 5.56 Å². The predicted octanol–water partition coefficient (Wildman–Crippen LogP) is 4.24. The molecule has 142 valence electrons. The van der Waals surface area contributed by atoms with Crippen LogP contribution >= 0.6 is 0 Å². The van der Waals surface area contributed by atoms with Crippen molar-refractivity contribution in [3.8, 4) is 5.75 Å². The second kappa shape index (κ2) is 6.63. The fourth-order valence-corrected chi connectivity index (χ4v) is 3.95. The molecule has 1 unspecified atom stereocenters. The smallest absolute Gasteiger partial charge is 0.291 e. The lowest BCUT2D eigenvalue weighted by Gasteiger charge is -2.25. The van der Waals surface area contributed by atoms with Crippen LogP contribution < -0.4 is 5.43 Å². The zero-order valence-electron chi connectivity index (χ0n) is 15.4. The third-order valence-corrected chi connectivity index (χ3v) is 5.25. The Morgan fingerprint density at radius 3 is 2.45 bits per heavy atom. The lowest BCUT2D eigenvalue weighted by molar-refractivity contribution is 0.0714. The van der Waals surface area contributed by atoms with Crippen molar-refractivity contribution in [1.29, 1.82) is 0 Å². The number of aromatic hydroxyl groups is 1. The van der Waals surface area contributed by atoms with Crippen LogP contribution in [0.4, 0.5) is 0 Å². The third kappa shape index (κ3) is 2.79. The number of hydrogen-bond donors (Lipinski definition) is 1. The van der Waals surface area contributed by atoms with Gasteiger partial charge in [0.15, 0.2) is 5.43 Å². The Morgan fingerprint density at radius 1 is 0.897 bits per heavy atom. The topological polar surface area (TPSA) is 70.8 Å². The fourth-order valence-electron chi connectivity index (χ4n) is 3.95. The van der Waals surface area contributed by atoms with E-state index in [2.05, 4.69) is 0 Å². The summed E-state index contributed by atoms with van der Waals surface area (Å²) in [6.07, 6.45) is 0. The van der Waals surface area contributed by atoms with Gasteiger partial charge in [-0.1, -0.05) is 54.6 Å². The second-order valence-corrected chi connectivity index (χ2v) is 7.09. The molecular formula is C24H17NO4. The molecule has 1 aromatic heterocycles. The van der Waals surface area contributed by atoms with Crippen molar-refractivity contribution in [2.45, 2.75) is 12.6 Å². The number of carbonyl (C=O) groups is 1. The van der Waals surface area contributed by atoms with Crippen molar-refractivity contribution < 1.29 is 14.3 Å². The van der Waals surface area contributed by atoms with Gasteiger partial charge in [-0.15, -0.1) is 0 Å². The van der Waals surface area contributed by atoms with E-state index in [4.69, 9.17) is 4.42 Å². The number of para-hydroxylation sites is 1. The minimum atomic E-state index is -0.634. The van der Waals surface area contributed by atoms with E-state index < -0.39 is 6.04 Å². The minimum Gasteiger partial charge on any atom is -0.508 e. The van der Waals surface area contributed by atoms with Gasteiger partial charge in [0, 0.05) is 6.54 Å². The summed E-state index contributed by atoms with van der Waals surface area (Å²) in [5.74, 6) is -0.189. The lowest BCUT2D eigenvalue weighted by Crippen LogP contribution is -2.29. The molecule has 1 atom stereocenters. The number of amides is 1. The highest BCUT2D eigenvalue weighted by Crippen LogP contribution is 2.39. The Morgan fingerprint density at radius 2 is 1.66 bits per heavy atom. The summed E-state index contributed by atoms with van der Waals surface area (Å²) in [6, 6.07) is 22.5. The molecule has 0 saturated carbocycles. The Kier molecular flexibility index (Phi) is 3.95. The van der Waals surface area contributed by atoms with Crippen LogP contribution in [0.2, 0.25) is 0 Å². The predicted molar refractivity (Wildman–Crippen MR) is 109 cm³/mol. The van der Waals surface area contributed by atoms with Crippen LogP contribution in [0.15, 0.2) is 88.1 Å². The van der Waals surface area contributed by atoms with Gasteiger partial charge in [0.2, 0.25) is 5.76 Å². The van der Waals surface area contributed by atoms with Crippen LogP contribution in [0.3, 0.4) is 0 Å². The van der Waals surface area contributed by atoms with Gasteiger partial charge in [-0.05, 0) is 35.4 Å². The number of carbonyl (C=O) groups excluding carboxylic acids is 1. The molecule has 0 saturated heterocycles. The summed E-state index contributed by atoms with van der Waals surface area (Å²) in [7, 11) is 0. The largest absolute Gasteiger partial charge is 0.508 e. The molecule has 1 aliphatic heterocycles. The van der Waals surface area contributed by atoms with E-state index in [-0.39, 0.29) is 22.8 Å². The molecule has 5 nitrogen and oxygen atoms in total. The molecule has 4 aromatic rings. The van der Waals surface area contributed by atoms with Crippen molar-refractivity contribution >= 4 is 16.9 Å². The Balaban J connectivity index is 1.74. The molecule has 0 fully saturated rings. The molecule has 5 heteroatoms. The second-order valence-electron chi connectivity index (χ2n) is 7.09. The Labute approximate surface area is 166 Å². The lowest BCUT2D eigenvalue weighted by atomic mass is 9.98. The van der Waals surface area contributed by atoms with Gasteiger partial charge in [0.05, 0.1) is 17.0 Å². The molecule has 1 amide bonds. The number of rotatable bonds is 3. The summed E-state index contributed by atoms with van der Waals surface area (Å²) in [5.41, 5.74) is 2.08. The molecule has 0 aliphatic carbocycles. The van der Waals surface area contributed by atoms with Gasteiger partial charge in [-0.3, -0.25) is 9.59 Å². The third-order valence-electron chi connectivity index (χ3n) is 5.25. The van der Waals surface area contributed by atoms with Gasteiger partial charge in [-0.25, -0.2) is 0 Å². The van der Waals surface area contributed by atoms with Crippen molar-refractivity contribution in [1.82, 2.24) is 4.90 Å². The molecule has 1 aliphatic rings.